The van der Waals surface area contributed by atoms with E-state index in [0.29, 0.717) is 15.5 Å². The van der Waals surface area contributed by atoms with E-state index in [1.807, 2.05) is 6.07 Å². The topological polar surface area (TPSA) is 72.2 Å². The van der Waals surface area contributed by atoms with Crippen LogP contribution in [0.15, 0.2) is 40.6 Å². The minimum atomic E-state index is -3.74. The molecule has 0 aliphatic carbocycles. The lowest BCUT2D eigenvalue weighted by atomic mass is 10.1. The Kier molecular flexibility index (Phi) is 5.00. The van der Waals surface area contributed by atoms with Gasteiger partial charge in [-0.1, -0.05) is 54.2 Å². The van der Waals surface area contributed by atoms with Crippen molar-refractivity contribution >= 4 is 50.2 Å². The number of thiophene rings is 1. The molecule has 112 valence electrons. The van der Waals surface area contributed by atoms with Crippen molar-refractivity contribution in [1.82, 2.24) is 4.72 Å². The first-order valence-electron chi connectivity index (χ1n) is 5.94. The Morgan fingerprint density at radius 2 is 2.00 bits per heavy atom. The highest BCUT2D eigenvalue weighted by Gasteiger charge is 2.25. The Hall–Kier alpha value is -0.990. The summed E-state index contributed by atoms with van der Waals surface area (Å²) in [5.74, 6) is 0. The standard InChI is InChI=1S/C13H13ClN2O2S3/c1-8-7-10(20-12(8)14)21(17,18)16-11(13(15)19)9-5-3-2-4-6-9/h2-7,11,16H,1H3,(H2,15,19). The first-order valence-corrected chi connectivity index (χ1v) is 9.02. The van der Waals surface area contributed by atoms with Crippen LogP contribution in [0.1, 0.15) is 17.2 Å². The Morgan fingerprint density at radius 3 is 2.48 bits per heavy atom. The number of sulfonamides is 1. The lowest BCUT2D eigenvalue weighted by Crippen LogP contribution is -2.36. The summed E-state index contributed by atoms with van der Waals surface area (Å²) >= 11 is 11.9. The van der Waals surface area contributed by atoms with Crippen LogP contribution in [0.5, 0.6) is 0 Å². The van der Waals surface area contributed by atoms with E-state index >= 15 is 0 Å². The van der Waals surface area contributed by atoms with Crippen LogP contribution in [-0.2, 0) is 10.0 Å². The lowest BCUT2D eigenvalue weighted by molar-refractivity contribution is 0.579. The molecule has 1 heterocycles. The fourth-order valence-corrected chi connectivity index (χ4v) is 4.91. The van der Waals surface area contributed by atoms with E-state index in [4.69, 9.17) is 29.6 Å². The van der Waals surface area contributed by atoms with Gasteiger partial charge in [0.2, 0.25) is 0 Å². The first-order chi connectivity index (χ1) is 9.81. The Morgan fingerprint density at radius 1 is 1.38 bits per heavy atom. The summed E-state index contributed by atoms with van der Waals surface area (Å²) in [7, 11) is -3.74. The number of thiocarbonyl (C=S) groups is 1. The number of benzene rings is 1. The molecule has 1 unspecified atom stereocenters. The summed E-state index contributed by atoms with van der Waals surface area (Å²) < 4.78 is 27.9. The predicted octanol–water partition coefficient (Wildman–Crippen LogP) is 3.02. The van der Waals surface area contributed by atoms with Gasteiger partial charge in [0, 0.05) is 0 Å². The number of nitrogens with two attached hydrogens (primary N) is 1. The van der Waals surface area contributed by atoms with Crippen LogP contribution in [0.2, 0.25) is 4.34 Å². The number of hydrogen-bond acceptors (Lipinski definition) is 4. The third-order valence-corrected chi connectivity index (χ3v) is 6.48. The molecule has 0 radical (unpaired) electrons. The highest BCUT2D eigenvalue weighted by Crippen LogP contribution is 2.30. The lowest BCUT2D eigenvalue weighted by Gasteiger charge is -2.17. The zero-order valence-corrected chi connectivity index (χ0v) is 14.2. The third kappa shape index (κ3) is 3.81. The van der Waals surface area contributed by atoms with Gasteiger partial charge in [0.1, 0.15) is 4.21 Å². The van der Waals surface area contributed by atoms with Gasteiger partial charge < -0.3 is 5.73 Å². The zero-order valence-electron chi connectivity index (χ0n) is 11.0. The SMILES string of the molecule is Cc1cc(S(=O)(=O)NC(C(N)=S)c2ccccc2)sc1Cl. The highest BCUT2D eigenvalue weighted by atomic mass is 35.5. The van der Waals surface area contributed by atoms with Crippen LogP contribution in [-0.4, -0.2) is 13.4 Å². The molecule has 1 aromatic heterocycles. The normalized spacial score (nSPS) is 13.0. The fraction of sp³-hybridized carbons (Fsp3) is 0.154. The molecule has 0 spiro atoms. The third-order valence-electron chi connectivity index (χ3n) is 2.79. The van der Waals surface area contributed by atoms with Crippen molar-refractivity contribution in [2.75, 3.05) is 0 Å². The molecule has 1 atom stereocenters. The molecule has 4 nitrogen and oxygen atoms in total. The molecule has 2 rings (SSSR count). The largest absolute Gasteiger partial charge is 0.392 e. The second kappa shape index (κ2) is 6.41. The molecular formula is C13H13ClN2O2S3. The predicted molar refractivity (Wildman–Crippen MR) is 90.4 cm³/mol. The number of hydrogen-bond donors (Lipinski definition) is 2. The first kappa shape index (κ1) is 16.4. The maximum Gasteiger partial charge on any atom is 0.251 e. The molecule has 0 saturated carbocycles. The van der Waals surface area contributed by atoms with Crippen molar-refractivity contribution in [3.8, 4) is 0 Å². The molecule has 0 aliphatic rings. The number of nitrogens with one attached hydrogen (secondary N) is 1. The number of rotatable bonds is 5. The van der Waals surface area contributed by atoms with Gasteiger partial charge in [0.25, 0.3) is 10.0 Å². The van der Waals surface area contributed by atoms with E-state index < -0.39 is 16.1 Å². The van der Waals surface area contributed by atoms with Crippen molar-refractivity contribution < 1.29 is 8.42 Å². The molecular weight excluding hydrogens is 348 g/mol. The average Bonchev–Trinajstić information content (AvgIpc) is 2.78. The number of halogens is 1. The van der Waals surface area contributed by atoms with Crippen molar-refractivity contribution in [3.63, 3.8) is 0 Å². The van der Waals surface area contributed by atoms with E-state index in [1.165, 1.54) is 6.07 Å². The fourth-order valence-electron chi connectivity index (χ4n) is 1.71. The van der Waals surface area contributed by atoms with E-state index in [1.54, 1.807) is 31.2 Å². The summed E-state index contributed by atoms with van der Waals surface area (Å²) in [6.45, 7) is 1.75. The van der Waals surface area contributed by atoms with E-state index in [0.717, 1.165) is 11.3 Å². The van der Waals surface area contributed by atoms with E-state index in [9.17, 15) is 8.42 Å². The van der Waals surface area contributed by atoms with Crippen LogP contribution in [0.25, 0.3) is 0 Å². The Balaban J connectivity index is 2.35. The summed E-state index contributed by atoms with van der Waals surface area (Å²) in [5.41, 5.74) is 7.08. The summed E-state index contributed by atoms with van der Waals surface area (Å²) in [6, 6.07) is 9.71. The minimum absolute atomic E-state index is 0.0594. The summed E-state index contributed by atoms with van der Waals surface area (Å²) in [4.78, 5) is 0.0594. The van der Waals surface area contributed by atoms with Crippen molar-refractivity contribution in [2.24, 2.45) is 5.73 Å². The minimum Gasteiger partial charge on any atom is -0.392 e. The van der Waals surface area contributed by atoms with Gasteiger partial charge in [0.05, 0.1) is 15.4 Å². The number of aryl methyl sites for hydroxylation is 1. The van der Waals surface area contributed by atoms with Crippen LogP contribution in [0, 0.1) is 6.92 Å². The van der Waals surface area contributed by atoms with Crippen LogP contribution >= 0.6 is 35.2 Å². The molecule has 0 aliphatic heterocycles. The smallest absolute Gasteiger partial charge is 0.251 e. The second-order valence-corrected chi connectivity index (χ2v) is 8.46. The van der Waals surface area contributed by atoms with Crippen molar-refractivity contribution in [3.05, 3.63) is 51.9 Å². The van der Waals surface area contributed by atoms with Crippen LogP contribution in [0.3, 0.4) is 0 Å². The van der Waals surface area contributed by atoms with Crippen molar-refractivity contribution in [2.45, 2.75) is 17.2 Å². The van der Waals surface area contributed by atoms with Gasteiger partial charge in [-0.25, -0.2) is 8.42 Å². The summed E-state index contributed by atoms with van der Waals surface area (Å²) in [5, 5.41) is 0. The maximum absolute atomic E-state index is 12.4. The quantitative estimate of drug-likeness (QED) is 0.804. The molecule has 21 heavy (non-hydrogen) atoms. The van der Waals surface area contributed by atoms with Gasteiger partial charge in [-0.3, -0.25) is 0 Å². The van der Waals surface area contributed by atoms with Gasteiger partial charge in [-0.15, -0.1) is 11.3 Å². The monoisotopic (exact) mass is 360 g/mol. The average molecular weight is 361 g/mol. The Bertz CT molecular complexity index is 737. The van der Waals surface area contributed by atoms with Crippen molar-refractivity contribution in [1.29, 1.82) is 0 Å². The molecule has 0 fully saturated rings. The highest BCUT2D eigenvalue weighted by molar-refractivity contribution is 7.91. The molecule has 1 aromatic carbocycles. The van der Waals surface area contributed by atoms with Crippen LogP contribution in [0.4, 0.5) is 0 Å². The van der Waals surface area contributed by atoms with Gasteiger partial charge in [-0.05, 0) is 24.1 Å². The zero-order chi connectivity index (χ0) is 15.6. The second-order valence-electron chi connectivity index (χ2n) is 4.39. The van der Waals surface area contributed by atoms with Gasteiger partial charge >= 0.3 is 0 Å². The van der Waals surface area contributed by atoms with E-state index in [2.05, 4.69) is 4.72 Å². The van der Waals surface area contributed by atoms with Gasteiger partial charge in [-0.2, -0.15) is 4.72 Å². The maximum atomic E-state index is 12.4. The molecule has 0 saturated heterocycles. The molecule has 8 heteroatoms. The molecule has 2 aromatic rings. The van der Waals surface area contributed by atoms with Crippen LogP contribution < -0.4 is 10.5 Å². The molecule has 0 bridgehead atoms. The summed E-state index contributed by atoms with van der Waals surface area (Å²) in [6.07, 6.45) is 0. The Labute approximate surface area is 138 Å². The van der Waals surface area contributed by atoms with Gasteiger partial charge in [0.15, 0.2) is 0 Å². The molecule has 0 amide bonds. The van der Waals surface area contributed by atoms with E-state index in [-0.39, 0.29) is 9.20 Å². The molecule has 3 N–H and O–H groups in total.